The molecule has 1 aliphatic rings. The maximum atomic E-state index is 12.5. The van der Waals surface area contributed by atoms with Crippen molar-refractivity contribution in [3.63, 3.8) is 0 Å². The monoisotopic (exact) mass is 296 g/mol. The van der Waals surface area contributed by atoms with Crippen LogP contribution in [0.5, 0.6) is 0 Å². The number of likely N-dealkylation sites (tertiary alicyclic amines) is 1. The number of halogens is 1. The van der Waals surface area contributed by atoms with Crippen LogP contribution in [-0.2, 0) is 6.54 Å². The van der Waals surface area contributed by atoms with Gasteiger partial charge < -0.3 is 10.6 Å². The molecule has 1 saturated heterocycles. The molecule has 0 aromatic heterocycles. The summed E-state index contributed by atoms with van der Waals surface area (Å²) in [5, 5.41) is 0. The Kier molecular flexibility index (Phi) is 6.50. The molecule has 112 valence electrons. The van der Waals surface area contributed by atoms with Gasteiger partial charge in [0.2, 0.25) is 0 Å². The number of nitrogens with zero attached hydrogens (tertiary/aromatic N) is 1. The third-order valence-corrected chi connectivity index (χ3v) is 3.95. The van der Waals surface area contributed by atoms with E-state index in [4.69, 9.17) is 5.73 Å². The minimum absolute atomic E-state index is 0. The number of hydrogen-bond donors (Lipinski definition) is 1. The second kappa shape index (κ2) is 7.65. The van der Waals surface area contributed by atoms with Crippen LogP contribution >= 0.6 is 12.4 Å². The van der Waals surface area contributed by atoms with Crippen molar-refractivity contribution in [2.75, 3.05) is 13.1 Å². The van der Waals surface area contributed by atoms with E-state index in [9.17, 15) is 4.79 Å². The number of benzene rings is 1. The zero-order valence-electron chi connectivity index (χ0n) is 12.3. The first-order chi connectivity index (χ1) is 9.10. The number of carbonyl (C=O) groups excluding carboxylic acids is 1. The topological polar surface area (TPSA) is 46.3 Å². The lowest BCUT2D eigenvalue weighted by Crippen LogP contribution is -2.34. The Morgan fingerprint density at radius 2 is 1.90 bits per heavy atom. The molecular formula is C16H25ClN2O. The Hall–Kier alpha value is -1.06. The third-order valence-electron chi connectivity index (χ3n) is 3.95. The van der Waals surface area contributed by atoms with Crippen LogP contribution in [0.3, 0.4) is 0 Å². The summed E-state index contributed by atoms with van der Waals surface area (Å²) in [4.78, 5) is 14.5. The van der Waals surface area contributed by atoms with Crippen molar-refractivity contribution in [3.8, 4) is 0 Å². The molecule has 1 aromatic carbocycles. The second-order valence-electron chi connectivity index (χ2n) is 5.89. The van der Waals surface area contributed by atoms with Crippen LogP contribution in [0, 0.1) is 11.8 Å². The van der Waals surface area contributed by atoms with Crippen LogP contribution in [0.4, 0.5) is 0 Å². The largest absolute Gasteiger partial charge is 0.338 e. The zero-order chi connectivity index (χ0) is 13.8. The van der Waals surface area contributed by atoms with Crippen LogP contribution in [0.1, 0.15) is 42.6 Å². The lowest BCUT2D eigenvalue weighted by atomic mass is 9.97. The fourth-order valence-electron chi connectivity index (χ4n) is 2.87. The molecule has 1 heterocycles. The molecule has 20 heavy (non-hydrogen) atoms. The molecule has 4 heteroatoms. The molecule has 1 fully saturated rings. The quantitative estimate of drug-likeness (QED) is 0.911. The smallest absolute Gasteiger partial charge is 0.253 e. The first-order valence-electron chi connectivity index (χ1n) is 7.18. The molecule has 1 amide bonds. The summed E-state index contributed by atoms with van der Waals surface area (Å²) >= 11 is 0. The van der Waals surface area contributed by atoms with Gasteiger partial charge in [-0.05, 0) is 42.4 Å². The Labute approximate surface area is 127 Å². The molecule has 0 aliphatic carbocycles. The van der Waals surface area contributed by atoms with Gasteiger partial charge in [-0.1, -0.05) is 26.0 Å². The highest BCUT2D eigenvalue weighted by molar-refractivity contribution is 5.94. The van der Waals surface area contributed by atoms with Gasteiger partial charge in [-0.25, -0.2) is 0 Å². The lowest BCUT2D eigenvalue weighted by molar-refractivity contribution is 0.0744. The van der Waals surface area contributed by atoms with Gasteiger partial charge in [-0.3, -0.25) is 4.79 Å². The maximum absolute atomic E-state index is 12.5. The molecule has 3 nitrogen and oxygen atoms in total. The number of rotatable bonds is 2. The molecule has 1 aliphatic heterocycles. The lowest BCUT2D eigenvalue weighted by Gasteiger charge is -2.22. The molecule has 0 spiro atoms. The average molecular weight is 297 g/mol. The number of amides is 1. The maximum Gasteiger partial charge on any atom is 0.253 e. The molecule has 1 aromatic rings. The van der Waals surface area contributed by atoms with Gasteiger partial charge in [0.15, 0.2) is 0 Å². The molecule has 0 bridgehead atoms. The molecular weight excluding hydrogens is 272 g/mol. The van der Waals surface area contributed by atoms with E-state index in [1.54, 1.807) is 0 Å². The van der Waals surface area contributed by atoms with Crippen molar-refractivity contribution in [1.82, 2.24) is 4.90 Å². The van der Waals surface area contributed by atoms with E-state index in [0.29, 0.717) is 18.4 Å². The first kappa shape index (κ1) is 17.0. The summed E-state index contributed by atoms with van der Waals surface area (Å²) in [6, 6.07) is 7.67. The fourth-order valence-corrected chi connectivity index (χ4v) is 2.87. The van der Waals surface area contributed by atoms with Gasteiger partial charge in [0.25, 0.3) is 5.91 Å². The third kappa shape index (κ3) is 4.22. The van der Waals surface area contributed by atoms with Crippen molar-refractivity contribution in [2.24, 2.45) is 17.6 Å². The van der Waals surface area contributed by atoms with E-state index in [2.05, 4.69) is 13.8 Å². The van der Waals surface area contributed by atoms with Gasteiger partial charge in [0, 0.05) is 25.2 Å². The Morgan fingerprint density at radius 3 is 2.50 bits per heavy atom. The van der Waals surface area contributed by atoms with Crippen LogP contribution in [-0.4, -0.2) is 23.9 Å². The summed E-state index contributed by atoms with van der Waals surface area (Å²) in [6.45, 7) is 6.79. The number of carbonyl (C=O) groups is 1. The van der Waals surface area contributed by atoms with E-state index in [0.717, 1.165) is 30.6 Å². The van der Waals surface area contributed by atoms with Gasteiger partial charge in [0.05, 0.1) is 0 Å². The van der Waals surface area contributed by atoms with E-state index in [1.807, 2.05) is 29.2 Å². The average Bonchev–Trinajstić information content (AvgIpc) is 2.59. The normalized spacial score (nSPS) is 22.9. The standard InChI is InChI=1S/C16H24N2O.ClH/c1-12-7-8-18(11-13(2)9-12)16(19)15-5-3-14(10-17)4-6-15;/h3-6,12-13H,7-11,17H2,1-2H3;1H. The predicted octanol–water partition coefficient (Wildman–Crippen LogP) is 3.08. The molecule has 2 atom stereocenters. The molecule has 2 N–H and O–H groups in total. The van der Waals surface area contributed by atoms with Crippen LogP contribution in [0.15, 0.2) is 24.3 Å². The Bertz CT molecular complexity index is 433. The van der Waals surface area contributed by atoms with Crippen molar-refractivity contribution >= 4 is 18.3 Å². The van der Waals surface area contributed by atoms with E-state index >= 15 is 0 Å². The Morgan fingerprint density at radius 1 is 1.25 bits per heavy atom. The van der Waals surface area contributed by atoms with Crippen molar-refractivity contribution in [2.45, 2.75) is 33.2 Å². The summed E-state index contributed by atoms with van der Waals surface area (Å²) < 4.78 is 0. The summed E-state index contributed by atoms with van der Waals surface area (Å²) in [5.41, 5.74) is 7.42. The minimum atomic E-state index is 0. The predicted molar refractivity (Wildman–Crippen MR) is 85.0 cm³/mol. The van der Waals surface area contributed by atoms with E-state index in [-0.39, 0.29) is 18.3 Å². The summed E-state index contributed by atoms with van der Waals surface area (Å²) in [5.74, 6) is 1.46. The summed E-state index contributed by atoms with van der Waals surface area (Å²) in [7, 11) is 0. The van der Waals surface area contributed by atoms with Crippen molar-refractivity contribution in [3.05, 3.63) is 35.4 Å². The van der Waals surface area contributed by atoms with Gasteiger partial charge >= 0.3 is 0 Å². The zero-order valence-corrected chi connectivity index (χ0v) is 13.2. The second-order valence-corrected chi connectivity index (χ2v) is 5.89. The van der Waals surface area contributed by atoms with Crippen molar-refractivity contribution < 1.29 is 4.79 Å². The van der Waals surface area contributed by atoms with E-state index in [1.165, 1.54) is 6.42 Å². The van der Waals surface area contributed by atoms with Gasteiger partial charge in [0.1, 0.15) is 0 Å². The van der Waals surface area contributed by atoms with Crippen LogP contribution in [0.25, 0.3) is 0 Å². The summed E-state index contributed by atoms with van der Waals surface area (Å²) in [6.07, 6.45) is 2.33. The van der Waals surface area contributed by atoms with Gasteiger partial charge in [-0.15, -0.1) is 12.4 Å². The van der Waals surface area contributed by atoms with Crippen LogP contribution < -0.4 is 5.73 Å². The van der Waals surface area contributed by atoms with Crippen LogP contribution in [0.2, 0.25) is 0 Å². The first-order valence-corrected chi connectivity index (χ1v) is 7.18. The fraction of sp³-hybridized carbons (Fsp3) is 0.562. The van der Waals surface area contributed by atoms with Crippen molar-refractivity contribution in [1.29, 1.82) is 0 Å². The van der Waals surface area contributed by atoms with E-state index < -0.39 is 0 Å². The number of hydrogen-bond acceptors (Lipinski definition) is 2. The molecule has 2 rings (SSSR count). The number of nitrogens with two attached hydrogens (primary N) is 1. The molecule has 0 saturated carbocycles. The highest BCUT2D eigenvalue weighted by Crippen LogP contribution is 2.22. The molecule has 0 radical (unpaired) electrons. The SMILES string of the molecule is CC1CCN(C(=O)c2ccc(CN)cc2)CC(C)C1.Cl. The highest BCUT2D eigenvalue weighted by atomic mass is 35.5. The molecule has 2 unspecified atom stereocenters. The Balaban J connectivity index is 0.00000200. The van der Waals surface area contributed by atoms with Gasteiger partial charge in [-0.2, -0.15) is 0 Å². The minimum Gasteiger partial charge on any atom is -0.338 e. The highest BCUT2D eigenvalue weighted by Gasteiger charge is 2.23.